The zero-order chi connectivity index (χ0) is 44.7. The highest BCUT2D eigenvalue weighted by Gasteiger charge is 2.64. The van der Waals surface area contributed by atoms with E-state index in [1.54, 1.807) is 18.2 Å². The van der Waals surface area contributed by atoms with Gasteiger partial charge in [-0.3, -0.25) is 28.9 Å². The Bertz CT molecular complexity index is 1960. The predicted octanol–water partition coefficient (Wildman–Crippen LogP) is 9.09. The molecule has 2 amide bonds. The van der Waals surface area contributed by atoms with Crippen LogP contribution in [0.4, 0.5) is 0 Å². The Kier molecular flexibility index (Phi) is 16.5. The number of carbonyl (C=O) groups excluding carboxylic acids is 4. The Labute approximate surface area is 374 Å². The van der Waals surface area contributed by atoms with Crippen LogP contribution in [0.1, 0.15) is 80.4 Å². The zero-order valence-electron chi connectivity index (χ0n) is 37.7. The molecule has 1 N–H and O–H groups in total. The number of hydrogen-bond donors (Lipinski definition) is 1. The van der Waals surface area contributed by atoms with Crippen molar-refractivity contribution in [1.82, 2.24) is 10.1 Å². The van der Waals surface area contributed by atoms with Gasteiger partial charge < -0.3 is 18.4 Å². The lowest BCUT2D eigenvalue weighted by Gasteiger charge is -2.57. The Morgan fingerprint density at radius 3 is 1.37 bits per heavy atom. The molecule has 6 rings (SSSR count). The average Bonchev–Trinajstić information content (AvgIpc) is 3.13. The Hall–Kier alpha value is -3.39. The summed E-state index contributed by atoms with van der Waals surface area (Å²) < 4.78 is 19.5. The second-order valence-electron chi connectivity index (χ2n) is 20.4. The van der Waals surface area contributed by atoms with Crippen LogP contribution in [0.2, 0.25) is 55.9 Å². The Balaban J connectivity index is 0.000000323. The smallest absolute Gasteiger partial charge is 0.249 e. The first-order valence-corrected chi connectivity index (χ1v) is 30.0. The highest BCUT2D eigenvalue weighted by Crippen LogP contribution is 2.47. The lowest BCUT2D eigenvalue weighted by atomic mass is 9.74. The number of ketones is 2. The van der Waals surface area contributed by atoms with Crippen molar-refractivity contribution in [2.24, 2.45) is 0 Å². The van der Waals surface area contributed by atoms with Crippen molar-refractivity contribution >= 4 is 48.3 Å². The largest absolute Gasteiger partial charge is 0.409 e. The number of aliphatic hydroxyl groups excluding tert-OH is 1. The third kappa shape index (κ3) is 11.1. The van der Waals surface area contributed by atoms with Gasteiger partial charge in [-0.25, -0.2) is 10.1 Å². The average molecular weight is 911 g/mol. The summed E-state index contributed by atoms with van der Waals surface area (Å²) in [7, 11) is -6.66. The highest BCUT2D eigenvalue weighted by atomic mass is 28.4. The fraction of sp³-hybridized carbons (Fsp3) is 0.574. The summed E-state index contributed by atoms with van der Waals surface area (Å²) in [4.78, 5) is 62.3. The van der Waals surface area contributed by atoms with E-state index in [4.69, 9.17) is 23.0 Å². The number of hydroxylamine groups is 4. The maximum Gasteiger partial charge on any atom is 0.249 e. The fourth-order valence-corrected chi connectivity index (χ4v) is 10.6. The van der Waals surface area contributed by atoms with Gasteiger partial charge in [-0.1, -0.05) is 117 Å². The van der Waals surface area contributed by atoms with E-state index in [0.717, 1.165) is 11.1 Å². The molecule has 2 aliphatic carbocycles. The van der Waals surface area contributed by atoms with Gasteiger partial charge in [0.05, 0.1) is 12.8 Å². The number of rotatable bonds is 12. The summed E-state index contributed by atoms with van der Waals surface area (Å²) in [6.45, 7) is 27.7. The van der Waals surface area contributed by atoms with Crippen LogP contribution in [-0.2, 0) is 55.3 Å². The molecule has 2 saturated heterocycles. The van der Waals surface area contributed by atoms with Crippen molar-refractivity contribution in [2.45, 2.75) is 174 Å². The van der Waals surface area contributed by atoms with E-state index in [0.29, 0.717) is 0 Å². The van der Waals surface area contributed by atoms with E-state index >= 15 is 0 Å². The minimum atomic E-state index is -2.30. The van der Waals surface area contributed by atoms with Crippen molar-refractivity contribution in [3.8, 4) is 0 Å². The molecule has 12 nitrogen and oxygen atoms in total. The van der Waals surface area contributed by atoms with Gasteiger partial charge in [0.25, 0.3) is 0 Å². The summed E-state index contributed by atoms with van der Waals surface area (Å²) >= 11 is 0. The SMILES string of the molecule is C.C.CC(C)(C)[Si](C)(C)O[C@@H]1C(=O)C=C[C@]2(CC(=O)N2OCc2ccccc2)[C@@H]1O.CC(C)(C)[Si](C)(C)O[C@@H]1C(=O)C=C[C@]2(CC(=O)N2OCc2ccccc2)[C@@H]1O[Si](C)(C)C. The van der Waals surface area contributed by atoms with Crippen molar-refractivity contribution < 1.29 is 47.2 Å². The second kappa shape index (κ2) is 19.4. The highest BCUT2D eigenvalue weighted by molar-refractivity contribution is 6.74. The molecular weight excluding hydrogens is 837 g/mol. The maximum absolute atomic E-state index is 13.1. The van der Waals surface area contributed by atoms with Gasteiger partial charge in [-0.2, -0.15) is 0 Å². The summed E-state index contributed by atoms with van der Waals surface area (Å²) in [6.07, 6.45) is 3.12. The molecule has 2 heterocycles. The molecule has 6 atom stereocenters. The van der Waals surface area contributed by atoms with Crippen molar-refractivity contribution in [3.63, 3.8) is 0 Å². The minimum Gasteiger partial charge on any atom is -0.409 e. The molecular formula is C47H74N2O10Si3. The van der Waals surface area contributed by atoms with Gasteiger partial charge in [0.15, 0.2) is 36.5 Å². The van der Waals surface area contributed by atoms with E-state index in [2.05, 4.69) is 74.3 Å². The molecule has 344 valence electrons. The van der Waals surface area contributed by atoms with E-state index in [9.17, 15) is 24.3 Å². The van der Waals surface area contributed by atoms with Crippen molar-refractivity contribution in [2.75, 3.05) is 0 Å². The quantitative estimate of drug-likeness (QED) is 0.162. The van der Waals surface area contributed by atoms with Crippen molar-refractivity contribution in [3.05, 3.63) is 96.1 Å². The van der Waals surface area contributed by atoms with Crippen LogP contribution in [0.25, 0.3) is 0 Å². The lowest BCUT2D eigenvalue weighted by Crippen LogP contribution is -2.74. The molecule has 2 aromatic rings. The molecule has 4 aliphatic rings. The first-order chi connectivity index (χ1) is 27.6. The van der Waals surface area contributed by atoms with Crippen LogP contribution in [0, 0.1) is 0 Å². The van der Waals surface area contributed by atoms with Crippen LogP contribution in [0.15, 0.2) is 85.0 Å². The van der Waals surface area contributed by atoms with E-state index in [-0.39, 0.29) is 74.4 Å². The molecule has 2 spiro atoms. The second-order valence-corrected chi connectivity index (χ2v) is 34.4. The molecule has 0 aromatic heterocycles. The Morgan fingerprint density at radius 2 is 0.968 bits per heavy atom. The van der Waals surface area contributed by atoms with Gasteiger partial charge in [0.2, 0.25) is 11.8 Å². The summed E-state index contributed by atoms with van der Waals surface area (Å²) in [6, 6.07) is 19.2. The van der Waals surface area contributed by atoms with Crippen molar-refractivity contribution in [1.29, 1.82) is 0 Å². The summed E-state index contributed by atoms with van der Waals surface area (Å²) in [5.74, 6) is -0.716. The fourth-order valence-electron chi connectivity index (χ4n) is 7.00. The third-order valence-electron chi connectivity index (χ3n) is 12.6. The molecule has 2 aromatic carbocycles. The molecule has 2 fully saturated rings. The molecule has 0 unspecified atom stereocenters. The van der Waals surface area contributed by atoms with Gasteiger partial charge in [0, 0.05) is 0 Å². The number of carbonyl (C=O) groups is 4. The van der Waals surface area contributed by atoms with E-state index < -0.39 is 60.4 Å². The molecule has 62 heavy (non-hydrogen) atoms. The van der Waals surface area contributed by atoms with E-state index in [1.807, 2.05) is 73.8 Å². The molecule has 15 heteroatoms. The third-order valence-corrected chi connectivity index (χ3v) is 22.5. The number of nitrogens with zero attached hydrogens (tertiary/aromatic N) is 2. The number of β-lactam (4-membered cyclic amide) rings is 2. The molecule has 2 aliphatic heterocycles. The standard InChI is InChI=1S/C24H37NO5Si2.C21H29NO5Si.2CH4/c1-23(2,3)32(7,8)29-21-19(26)14-15-24(22(21)30-31(4,5)6)16-20(27)25(24)28-17-18-12-10-9-11-13-18;1-20(2,3)28(4,5)27-18-16(23)11-12-21(19(18)25)13-17(24)22(21)26-14-15-9-7-6-8-10-15;;/h9-15,21-22H,16-17H2,1-8H3;6-12,18-19,25H,13-14H2,1-5H3;2*1H4/t21-,22-,24+;18-,19-,21+;;/m11../s1. The van der Waals surface area contributed by atoms with Crippen LogP contribution in [0.3, 0.4) is 0 Å². The number of hydrogen-bond acceptors (Lipinski definition) is 10. The summed E-state index contributed by atoms with van der Waals surface area (Å²) in [5, 5.41) is 13.5. The first kappa shape index (κ1) is 53.0. The molecule has 0 bridgehead atoms. The molecule has 0 radical (unpaired) electrons. The zero-order valence-corrected chi connectivity index (χ0v) is 40.7. The maximum atomic E-state index is 13.1. The van der Waals surface area contributed by atoms with Crippen LogP contribution in [-0.4, -0.2) is 99.1 Å². The number of aliphatic hydroxyl groups is 1. The van der Waals surface area contributed by atoms with Gasteiger partial charge in [-0.05, 0) is 91.3 Å². The lowest BCUT2D eigenvalue weighted by molar-refractivity contribution is -0.274. The molecule has 0 saturated carbocycles. The monoisotopic (exact) mass is 910 g/mol. The number of amides is 2. The first-order valence-electron chi connectivity index (χ1n) is 20.8. The van der Waals surface area contributed by atoms with Crippen LogP contribution in [0.5, 0.6) is 0 Å². The van der Waals surface area contributed by atoms with Crippen LogP contribution >= 0.6 is 0 Å². The predicted molar refractivity (Wildman–Crippen MR) is 251 cm³/mol. The topological polar surface area (TPSA) is 141 Å². The Morgan fingerprint density at radius 1 is 0.597 bits per heavy atom. The van der Waals surface area contributed by atoms with Gasteiger partial charge in [-0.15, -0.1) is 0 Å². The van der Waals surface area contributed by atoms with Gasteiger partial charge >= 0.3 is 0 Å². The number of benzene rings is 2. The van der Waals surface area contributed by atoms with Gasteiger partial charge in [0.1, 0.15) is 48.7 Å². The van der Waals surface area contributed by atoms with Crippen LogP contribution < -0.4 is 0 Å². The van der Waals surface area contributed by atoms with E-state index in [1.165, 1.54) is 16.2 Å². The minimum absolute atomic E-state index is 0. The normalized spacial score (nSPS) is 26.4. The summed E-state index contributed by atoms with van der Waals surface area (Å²) in [5.41, 5.74) is -0.0217.